The lowest BCUT2D eigenvalue weighted by Gasteiger charge is -2.03. The standard InChI is InChI=1S/C11H9N2O3P.CH4O/c12-6-11(7-13)5-9-1-3-10(4-2-9)8-17(14,15)16;1-2/h1-5H,8H2,(H2,14,15,16);2H,1H3. The number of nitriles is 2. The van der Waals surface area contributed by atoms with Crippen molar-refractivity contribution in [2.24, 2.45) is 0 Å². The molecule has 0 radical (unpaired) electrons. The zero-order valence-corrected chi connectivity index (χ0v) is 11.1. The second kappa shape index (κ2) is 8.20. The molecule has 0 spiro atoms. The van der Waals surface area contributed by atoms with Gasteiger partial charge < -0.3 is 14.9 Å². The molecule has 0 fully saturated rings. The lowest BCUT2D eigenvalue weighted by atomic mass is 10.1. The summed E-state index contributed by atoms with van der Waals surface area (Å²) in [5.74, 6) is 0. The first-order valence-corrected chi connectivity index (χ1v) is 6.84. The van der Waals surface area contributed by atoms with Crippen LogP contribution in [-0.4, -0.2) is 22.0 Å². The maximum atomic E-state index is 10.8. The minimum Gasteiger partial charge on any atom is -0.400 e. The minimum atomic E-state index is -4.06. The predicted molar refractivity (Wildman–Crippen MR) is 69.5 cm³/mol. The average Bonchev–Trinajstić information content (AvgIpc) is 2.38. The van der Waals surface area contributed by atoms with Crippen molar-refractivity contribution < 1.29 is 19.5 Å². The molecule has 3 N–H and O–H groups in total. The monoisotopic (exact) mass is 280 g/mol. The number of hydrogen-bond donors (Lipinski definition) is 3. The van der Waals surface area contributed by atoms with Gasteiger partial charge in [-0.3, -0.25) is 4.57 Å². The van der Waals surface area contributed by atoms with Gasteiger partial charge in [-0.25, -0.2) is 0 Å². The first-order chi connectivity index (χ1) is 8.94. The van der Waals surface area contributed by atoms with Crippen molar-refractivity contribution in [3.05, 3.63) is 41.0 Å². The highest BCUT2D eigenvalue weighted by Crippen LogP contribution is 2.38. The van der Waals surface area contributed by atoms with Gasteiger partial charge in [-0.05, 0) is 17.2 Å². The Kier molecular flexibility index (Phi) is 7.36. The van der Waals surface area contributed by atoms with Crippen molar-refractivity contribution in [2.75, 3.05) is 7.11 Å². The fourth-order valence-corrected chi connectivity index (χ4v) is 1.90. The van der Waals surface area contributed by atoms with Crippen molar-refractivity contribution in [3.8, 4) is 12.1 Å². The zero-order valence-electron chi connectivity index (χ0n) is 10.2. The average molecular weight is 280 g/mol. The molecule has 1 rings (SSSR count). The molecular weight excluding hydrogens is 267 g/mol. The van der Waals surface area contributed by atoms with Crippen molar-refractivity contribution in [2.45, 2.75) is 6.16 Å². The molecule has 0 amide bonds. The molecular formula is C12H13N2O4P. The van der Waals surface area contributed by atoms with Crippen LogP contribution >= 0.6 is 7.60 Å². The van der Waals surface area contributed by atoms with Crippen LogP contribution in [0.15, 0.2) is 29.8 Å². The summed E-state index contributed by atoms with van der Waals surface area (Å²) in [6, 6.07) is 9.76. The number of nitrogens with zero attached hydrogens (tertiary/aromatic N) is 2. The van der Waals surface area contributed by atoms with Crippen molar-refractivity contribution in [1.29, 1.82) is 10.5 Å². The summed E-state index contributed by atoms with van der Waals surface area (Å²) >= 11 is 0. The summed E-state index contributed by atoms with van der Waals surface area (Å²) in [4.78, 5) is 17.5. The maximum Gasteiger partial charge on any atom is 0.329 e. The van der Waals surface area contributed by atoms with E-state index in [4.69, 9.17) is 25.4 Å². The van der Waals surface area contributed by atoms with Gasteiger partial charge in [0.05, 0.1) is 6.16 Å². The normalized spacial score (nSPS) is 9.37. The van der Waals surface area contributed by atoms with Gasteiger partial charge in [0.25, 0.3) is 0 Å². The van der Waals surface area contributed by atoms with Crippen LogP contribution < -0.4 is 0 Å². The summed E-state index contributed by atoms with van der Waals surface area (Å²) < 4.78 is 10.8. The molecule has 0 aromatic heterocycles. The molecule has 100 valence electrons. The quantitative estimate of drug-likeness (QED) is 0.567. The molecule has 7 heteroatoms. The van der Waals surface area contributed by atoms with E-state index in [0.29, 0.717) is 11.1 Å². The summed E-state index contributed by atoms with van der Waals surface area (Å²) in [6.45, 7) is 0. The molecule has 0 saturated heterocycles. The van der Waals surface area contributed by atoms with E-state index in [1.807, 2.05) is 0 Å². The first kappa shape index (κ1) is 17.1. The van der Waals surface area contributed by atoms with Crippen LogP contribution in [0.2, 0.25) is 0 Å². The number of rotatable bonds is 3. The van der Waals surface area contributed by atoms with Gasteiger partial charge in [0, 0.05) is 7.11 Å². The van der Waals surface area contributed by atoms with Crippen LogP contribution in [0.1, 0.15) is 11.1 Å². The number of hydrogen-bond acceptors (Lipinski definition) is 4. The number of aliphatic hydroxyl groups is 1. The van der Waals surface area contributed by atoms with E-state index in [0.717, 1.165) is 7.11 Å². The van der Waals surface area contributed by atoms with Crippen LogP contribution in [0.3, 0.4) is 0 Å². The summed E-state index contributed by atoms with van der Waals surface area (Å²) in [5.41, 5.74) is 1.12. The second-order valence-corrected chi connectivity index (χ2v) is 4.99. The second-order valence-electron chi connectivity index (χ2n) is 3.35. The summed E-state index contributed by atoms with van der Waals surface area (Å²) in [5, 5.41) is 24.1. The van der Waals surface area contributed by atoms with E-state index in [1.165, 1.54) is 6.08 Å². The molecule has 0 heterocycles. The third-order valence-corrected chi connectivity index (χ3v) is 2.70. The molecule has 0 unspecified atom stereocenters. The molecule has 19 heavy (non-hydrogen) atoms. The number of aliphatic hydroxyl groups excluding tert-OH is 1. The van der Waals surface area contributed by atoms with Crippen molar-refractivity contribution >= 4 is 13.7 Å². The van der Waals surface area contributed by atoms with Crippen LogP contribution in [0, 0.1) is 22.7 Å². The SMILES string of the molecule is CO.N#CC(C#N)=Cc1ccc(CP(=O)(O)O)cc1. The van der Waals surface area contributed by atoms with Crippen LogP contribution in [0.5, 0.6) is 0 Å². The van der Waals surface area contributed by atoms with Gasteiger partial charge in [0.15, 0.2) is 0 Å². The highest BCUT2D eigenvalue weighted by molar-refractivity contribution is 7.50. The van der Waals surface area contributed by atoms with E-state index in [9.17, 15) is 4.57 Å². The lowest BCUT2D eigenvalue weighted by Crippen LogP contribution is -1.87. The molecule has 6 nitrogen and oxygen atoms in total. The van der Waals surface area contributed by atoms with E-state index < -0.39 is 7.60 Å². The highest BCUT2D eigenvalue weighted by atomic mass is 31.2. The van der Waals surface area contributed by atoms with E-state index >= 15 is 0 Å². The third kappa shape index (κ3) is 7.15. The van der Waals surface area contributed by atoms with Crippen molar-refractivity contribution in [1.82, 2.24) is 0 Å². The smallest absolute Gasteiger partial charge is 0.329 e. The fraction of sp³-hybridized carbons (Fsp3) is 0.167. The van der Waals surface area contributed by atoms with Gasteiger partial charge >= 0.3 is 7.60 Å². The Bertz CT molecular complexity index is 545. The number of benzene rings is 1. The molecule has 1 aromatic rings. The van der Waals surface area contributed by atoms with Crippen LogP contribution in [-0.2, 0) is 10.7 Å². The molecule has 0 saturated carbocycles. The molecule has 0 aliphatic carbocycles. The van der Waals surface area contributed by atoms with Gasteiger partial charge in [-0.2, -0.15) is 10.5 Å². The largest absolute Gasteiger partial charge is 0.400 e. The molecule has 0 atom stereocenters. The summed E-state index contributed by atoms with van der Waals surface area (Å²) in [6.07, 6.45) is 1.08. The lowest BCUT2D eigenvalue weighted by molar-refractivity contribution is 0.371. The number of allylic oxidation sites excluding steroid dienone is 1. The topological polar surface area (TPSA) is 125 Å². The Hall–Kier alpha value is -1.95. The fourth-order valence-electron chi connectivity index (χ4n) is 1.21. The minimum absolute atomic E-state index is 0.0206. The van der Waals surface area contributed by atoms with Gasteiger partial charge in [0.1, 0.15) is 17.7 Å². The van der Waals surface area contributed by atoms with Gasteiger partial charge in [-0.15, -0.1) is 0 Å². The molecule has 1 aromatic carbocycles. The molecule has 0 aliphatic rings. The summed E-state index contributed by atoms with van der Waals surface area (Å²) in [7, 11) is -3.06. The van der Waals surface area contributed by atoms with Gasteiger partial charge in [-0.1, -0.05) is 24.3 Å². The Labute approximate surface area is 111 Å². The van der Waals surface area contributed by atoms with E-state index in [2.05, 4.69) is 0 Å². The Morgan fingerprint density at radius 1 is 1.21 bits per heavy atom. The zero-order chi connectivity index (χ0) is 14.9. The van der Waals surface area contributed by atoms with Gasteiger partial charge in [0.2, 0.25) is 0 Å². The van der Waals surface area contributed by atoms with Crippen LogP contribution in [0.4, 0.5) is 0 Å². The molecule has 0 bridgehead atoms. The highest BCUT2D eigenvalue weighted by Gasteiger charge is 2.13. The van der Waals surface area contributed by atoms with Crippen molar-refractivity contribution in [3.63, 3.8) is 0 Å². The van der Waals surface area contributed by atoms with E-state index in [1.54, 1.807) is 36.4 Å². The Morgan fingerprint density at radius 3 is 2.05 bits per heavy atom. The van der Waals surface area contributed by atoms with E-state index in [-0.39, 0.29) is 11.7 Å². The Morgan fingerprint density at radius 2 is 1.68 bits per heavy atom. The Balaban J connectivity index is 0.00000154. The van der Waals surface area contributed by atoms with Crippen LogP contribution in [0.25, 0.3) is 6.08 Å². The maximum absolute atomic E-state index is 10.8. The first-order valence-electron chi connectivity index (χ1n) is 5.05. The molecule has 0 aliphatic heterocycles. The third-order valence-electron chi connectivity index (χ3n) is 1.92. The predicted octanol–water partition coefficient (Wildman–Crippen LogP) is 1.40.